The Morgan fingerprint density at radius 3 is 1.23 bits per heavy atom. The van der Waals surface area contributed by atoms with Gasteiger partial charge in [0.2, 0.25) is 29.5 Å². The Balaban J connectivity index is 1.27. The Kier molecular flexibility index (Phi) is 27.6. The molecule has 0 unspecified atom stereocenters. The summed E-state index contributed by atoms with van der Waals surface area (Å²) in [7, 11) is 0. The van der Waals surface area contributed by atoms with Crippen molar-refractivity contribution in [2.24, 2.45) is 17.6 Å². The Hall–Kier alpha value is -7.53. The van der Waals surface area contributed by atoms with Crippen LogP contribution in [0.15, 0.2) is 66.8 Å². The molecule has 3 aromatic carbocycles. The molecule has 0 spiro atoms. The number of Topliss-reactive ketones (excluding diaryl/α,β-unsaturated/α-hetero) is 2. The number of halogens is 4. The average Bonchev–Trinajstić information content (AvgIpc) is 3.69. The second kappa shape index (κ2) is 34.1. The van der Waals surface area contributed by atoms with Gasteiger partial charge in [-0.2, -0.15) is 0 Å². The summed E-state index contributed by atoms with van der Waals surface area (Å²) in [6.45, 7) is 8.96. The van der Waals surface area contributed by atoms with Gasteiger partial charge in [0.25, 0.3) is 11.8 Å². The van der Waals surface area contributed by atoms with Gasteiger partial charge in [-0.1, -0.05) is 144 Å². The van der Waals surface area contributed by atoms with Crippen LogP contribution >= 0.6 is 46.4 Å². The molecule has 5 rings (SSSR count). The van der Waals surface area contributed by atoms with E-state index in [4.69, 9.17) is 61.6 Å². The molecule has 2 fully saturated rings. The molecule has 10 N–H and O–H groups in total. The van der Waals surface area contributed by atoms with Crippen molar-refractivity contribution in [3.8, 4) is 11.5 Å². The monoisotopic (exact) mass is 1280 g/mol. The Morgan fingerprint density at radius 2 is 0.897 bits per heavy atom. The molecule has 26 heteroatoms. The minimum absolute atomic E-state index is 0.00199. The Bertz CT molecular complexity index is 2930. The zero-order chi connectivity index (χ0) is 64.1. The van der Waals surface area contributed by atoms with Crippen molar-refractivity contribution < 1.29 is 72.4 Å². The molecule has 0 bridgehead atoms. The highest BCUT2D eigenvalue weighted by atomic mass is 35.5. The van der Waals surface area contributed by atoms with Crippen molar-refractivity contribution in [3.63, 3.8) is 0 Å². The van der Waals surface area contributed by atoms with Crippen LogP contribution in [0.4, 0.5) is 0 Å². The second-order valence-electron chi connectivity index (χ2n) is 21.5. The quantitative estimate of drug-likeness (QED) is 0.0207. The van der Waals surface area contributed by atoms with Gasteiger partial charge < -0.3 is 57.3 Å². The molecular weight excluding hydrogens is 1210 g/mol. The fourth-order valence-corrected chi connectivity index (χ4v) is 11.0. The fourth-order valence-electron chi connectivity index (χ4n) is 10.1. The third-order valence-corrected chi connectivity index (χ3v) is 16.7. The SMILES string of the molecule is C=C(CC)C(=O)c1ccc(OCC(=O)N[C@@H](CC(=O)O)C(=O)N[C@@H](CC2CCCCC2)C(=O)NCc2cc(CNC(=O)[C@H](CC3CCCCC3)NC(=O)[C@H](CC(=O)O)NC(=O)COc3ccc(C(=O)C(=C)CC)c(Cl)c3Cl)cc(C(N)=O)c2)c(Cl)c1Cl. The highest BCUT2D eigenvalue weighted by Gasteiger charge is 2.34. The number of carbonyl (C=O) groups excluding carboxylic acids is 9. The summed E-state index contributed by atoms with van der Waals surface area (Å²) >= 11 is 25.4. The number of carboxylic acids is 2. The number of nitrogens with one attached hydrogen (secondary N) is 6. The summed E-state index contributed by atoms with van der Waals surface area (Å²) in [4.78, 5) is 145. The van der Waals surface area contributed by atoms with Gasteiger partial charge in [0, 0.05) is 29.8 Å². The van der Waals surface area contributed by atoms with E-state index in [9.17, 15) is 63.0 Å². The standard InChI is InChI=1S/C61H73Cl4N7O15/c1-5-32(3)55(79)39-17-19-45(53(64)51(39)62)86-30-47(73)69-43(26-49(75)76)60(84)71-41(24-34-13-9-7-10-14-34)58(82)67-28-36-21-37(23-38(22-36)57(66)81)29-68-59(83)42(25-35-15-11-8-12-16-35)72-61(85)44(27-50(77)78)70-48(74)31-87-46-20-18-40(52(63)54(46)65)56(80)33(4)6-2/h17-23,34-35,41-44H,3-16,24-31H2,1-2H3,(H2,66,81)(H,67,82)(H,68,83)(H,69,73)(H,70,74)(H,71,84)(H,72,85)(H,75,76)(H,77,78)/t41-,42-,43-,44-/m0/s1. The van der Waals surface area contributed by atoms with E-state index in [0.29, 0.717) is 24.0 Å². The lowest BCUT2D eigenvalue weighted by Crippen LogP contribution is -2.55. The molecule has 4 atom stereocenters. The number of nitrogens with two attached hydrogens (primary N) is 1. The number of allylic oxidation sites excluding steroid dienone is 2. The first-order valence-corrected chi connectivity index (χ1v) is 30.1. The zero-order valence-corrected chi connectivity index (χ0v) is 51.4. The largest absolute Gasteiger partial charge is 0.482 e. The number of carboxylic acid groups (broad SMARTS) is 2. The number of ether oxygens (including phenoxy) is 2. The van der Waals surface area contributed by atoms with E-state index < -0.39 is 115 Å². The van der Waals surface area contributed by atoms with Gasteiger partial charge in [-0.15, -0.1) is 0 Å². The minimum Gasteiger partial charge on any atom is -0.482 e. The number of hydrogen-bond acceptors (Lipinski definition) is 13. The van der Waals surface area contributed by atoms with E-state index in [-0.39, 0.29) is 97.2 Å². The number of amides is 7. The lowest BCUT2D eigenvalue weighted by molar-refractivity contribution is -0.142. The lowest BCUT2D eigenvalue weighted by Gasteiger charge is -2.28. The summed E-state index contributed by atoms with van der Waals surface area (Å²) in [5.41, 5.74) is 7.13. The number of aliphatic carboxylic acids is 2. The van der Waals surface area contributed by atoms with Crippen molar-refractivity contribution in [2.75, 3.05) is 13.2 Å². The predicted molar refractivity (Wildman–Crippen MR) is 325 cm³/mol. The predicted octanol–water partition coefficient (Wildman–Crippen LogP) is 7.92. The van der Waals surface area contributed by atoms with Crippen LogP contribution in [0, 0.1) is 11.8 Å². The van der Waals surface area contributed by atoms with Gasteiger partial charge in [0.05, 0.1) is 22.9 Å². The summed E-state index contributed by atoms with van der Waals surface area (Å²) in [5, 5.41) is 34.4. The van der Waals surface area contributed by atoms with Crippen LogP contribution in [0.2, 0.25) is 20.1 Å². The molecule has 87 heavy (non-hydrogen) atoms. The number of primary amides is 1. The third-order valence-electron chi connectivity index (χ3n) is 15.0. The summed E-state index contributed by atoms with van der Waals surface area (Å²) in [5.74, 6) is -9.93. The minimum atomic E-state index is -1.68. The second-order valence-corrected chi connectivity index (χ2v) is 23.0. The smallest absolute Gasteiger partial charge is 0.305 e. The molecule has 2 saturated carbocycles. The normalized spacial score (nSPS) is 14.8. The van der Waals surface area contributed by atoms with E-state index in [1.54, 1.807) is 19.9 Å². The molecule has 0 heterocycles. The number of carbonyl (C=O) groups is 11. The average molecular weight is 1290 g/mol. The van der Waals surface area contributed by atoms with Crippen molar-refractivity contribution in [1.82, 2.24) is 31.9 Å². The van der Waals surface area contributed by atoms with Crippen LogP contribution in [0.3, 0.4) is 0 Å². The molecular formula is C61H73Cl4N7O15. The van der Waals surface area contributed by atoms with Crippen molar-refractivity contribution in [1.29, 1.82) is 0 Å². The molecule has 2 aliphatic rings. The highest BCUT2D eigenvalue weighted by molar-refractivity contribution is 6.46. The van der Waals surface area contributed by atoms with Crippen molar-refractivity contribution in [3.05, 3.63) is 115 Å². The first-order chi connectivity index (χ1) is 41.3. The molecule has 0 aliphatic heterocycles. The Labute approximate surface area is 523 Å². The maximum absolute atomic E-state index is 14.1. The van der Waals surface area contributed by atoms with E-state index >= 15 is 0 Å². The van der Waals surface area contributed by atoms with Crippen LogP contribution in [0.1, 0.15) is 159 Å². The van der Waals surface area contributed by atoms with Gasteiger partial charge in [0.15, 0.2) is 24.8 Å². The van der Waals surface area contributed by atoms with Crippen LogP contribution in [0.5, 0.6) is 11.5 Å². The number of benzene rings is 3. The zero-order valence-electron chi connectivity index (χ0n) is 48.4. The third kappa shape index (κ3) is 21.4. The van der Waals surface area contributed by atoms with Gasteiger partial charge in [-0.25, -0.2) is 0 Å². The van der Waals surface area contributed by atoms with E-state index in [1.807, 2.05) is 0 Å². The van der Waals surface area contributed by atoms with Crippen LogP contribution < -0.4 is 47.1 Å². The van der Waals surface area contributed by atoms with Crippen molar-refractivity contribution in [2.45, 2.75) is 154 Å². The molecule has 22 nitrogen and oxygen atoms in total. The van der Waals surface area contributed by atoms with E-state index in [2.05, 4.69) is 45.1 Å². The number of ketones is 2. The molecule has 3 aromatic rings. The van der Waals surface area contributed by atoms with Gasteiger partial charge in [-0.3, -0.25) is 52.7 Å². The molecule has 0 radical (unpaired) electrons. The molecule has 0 aromatic heterocycles. The lowest BCUT2D eigenvalue weighted by atomic mass is 9.84. The topological polar surface area (TPSA) is 345 Å². The summed E-state index contributed by atoms with van der Waals surface area (Å²) in [6, 6.07) is 3.95. The molecule has 0 saturated heterocycles. The van der Waals surface area contributed by atoms with Crippen LogP contribution in [-0.2, 0) is 51.4 Å². The Morgan fingerprint density at radius 1 is 0.529 bits per heavy atom. The van der Waals surface area contributed by atoms with Gasteiger partial charge in [-0.05, 0) is 96.2 Å². The first-order valence-electron chi connectivity index (χ1n) is 28.6. The molecule has 2 aliphatic carbocycles. The molecule has 7 amide bonds. The van der Waals surface area contributed by atoms with Gasteiger partial charge in [0.1, 0.15) is 45.7 Å². The summed E-state index contributed by atoms with van der Waals surface area (Å²) < 4.78 is 11.1. The van der Waals surface area contributed by atoms with Gasteiger partial charge >= 0.3 is 11.9 Å². The summed E-state index contributed by atoms with van der Waals surface area (Å²) in [6.07, 6.45) is 7.80. The van der Waals surface area contributed by atoms with E-state index in [0.717, 1.165) is 64.2 Å². The van der Waals surface area contributed by atoms with Crippen LogP contribution in [0.25, 0.3) is 0 Å². The number of rotatable bonds is 33. The van der Waals surface area contributed by atoms with Crippen LogP contribution in [-0.4, -0.2) is 112 Å². The maximum Gasteiger partial charge on any atom is 0.305 e. The maximum atomic E-state index is 14.1. The number of hydrogen-bond donors (Lipinski definition) is 9. The molecule has 470 valence electrons. The highest BCUT2D eigenvalue weighted by Crippen LogP contribution is 2.37. The van der Waals surface area contributed by atoms with Crippen molar-refractivity contribution >= 4 is 111 Å². The fraction of sp³-hybridized carbons (Fsp3) is 0.459. The van der Waals surface area contributed by atoms with E-state index in [1.165, 1.54) is 36.4 Å². The first kappa shape index (κ1) is 70.2.